The molecule has 2 N–H and O–H groups in total. The number of aliphatic hydroxyl groups excluding tert-OH is 1. The van der Waals surface area contributed by atoms with Crippen LogP contribution >= 0.6 is 0 Å². The predicted octanol–water partition coefficient (Wildman–Crippen LogP) is 1.49. The summed E-state index contributed by atoms with van der Waals surface area (Å²) < 4.78 is 12.7. The summed E-state index contributed by atoms with van der Waals surface area (Å²) in [5, 5.41) is 20.0. The second kappa shape index (κ2) is 5.94. The van der Waals surface area contributed by atoms with E-state index < -0.39 is 17.5 Å². The molecule has 1 fully saturated rings. The van der Waals surface area contributed by atoms with Gasteiger partial charge in [-0.25, -0.2) is 4.39 Å². The van der Waals surface area contributed by atoms with Gasteiger partial charge in [-0.05, 0) is 44.9 Å². The zero-order valence-corrected chi connectivity index (χ0v) is 11.2. The van der Waals surface area contributed by atoms with Crippen molar-refractivity contribution in [3.05, 3.63) is 29.8 Å². The molecular formula is C14H21FN2O2. The number of aromatic nitrogens is 1. The molecule has 0 amide bonds. The molecule has 5 heteroatoms. The first-order valence-electron chi connectivity index (χ1n) is 6.70. The van der Waals surface area contributed by atoms with Gasteiger partial charge in [0.2, 0.25) is 0 Å². The lowest BCUT2D eigenvalue weighted by molar-refractivity contribution is -0.0193. The highest BCUT2D eigenvalue weighted by Gasteiger charge is 2.28. The Morgan fingerprint density at radius 3 is 2.95 bits per heavy atom. The second-order valence-corrected chi connectivity index (χ2v) is 5.58. The van der Waals surface area contributed by atoms with E-state index in [0.29, 0.717) is 25.2 Å². The van der Waals surface area contributed by atoms with Crippen LogP contribution in [0, 0.1) is 5.82 Å². The molecule has 0 radical (unpaired) electrons. The van der Waals surface area contributed by atoms with Crippen molar-refractivity contribution >= 4 is 0 Å². The van der Waals surface area contributed by atoms with Crippen molar-refractivity contribution in [2.24, 2.45) is 0 Å². The maximum Gasteiger partial charge on any atom is 0.141 e. The number of β-amino-alcohol motifs (C(OH)–C–C–N with tert-alkyl or cyclic N) is 1. The Bertz CT molecular complexity index is 408. The second-order valence-electron chi connectivity index (χ2n) is 5.58. The highest BCUT2D eigenvalue weighted by molar-refractivity contribution is 5.08. The van der Waals surface area contributed by atoms with E-state index in [2.05, 4.69) is 9.88 Å². The fourth-order valence-corrected chi connectivity index (χ4v) is 2.55. The van der Waals surface area contributed by atoms with Gasteiger partial charge in [0.15, 0.2) is 0 Å². The van der Waals surface area contributed by atoms with E-state index in [1.54, 1.807) is 0 Å². The van der Waals surface area contributed by atoms with Crippen molar-refractivity contribution in [3.8, 4) is 0 Å². The first kappa shape index (κ1) is 14.4. The van der Waals surface area contributed by atoms with Gasteiger partial charge in [0, 0.05) is 13.1 Å². The number of piperidine rings is 1. The van der Waals surface area contributed by atoms with Gasteiger partial charge in [-0.15, -0.1) is 0 Å². The molecule has 2 heterocycles. The van der Waals surface area contributed by atoms with E-state index in [1.807, 2.05) is 6.92 Å². The van der Waals surface area contributed by atoms with E-state index in [0.717, 1.165) is 25.6 Å². The van der Waals surface area contributed by atoms with Crippen molar-refractivity contribution in [3.63, 3.8) is 0 Å². The van der Waals surface area contributed by atoms with Gasteiger partial charge in [0.05, 0.1) is 23.6 Å². The Kier molecular flexibility index (Phi) is 4.50. The molecule has 0 aliphatic carbocycles. The fraction of sp³-hybridized carbons (Fsp3) is 0.643. The molecule has 1 aromatic heterocycles. The molecule has 1 saturated heterocycles. The van der Waals surface area contributed by atoms with Gasteiger partial charge in [-0.2, -0.15) is 0 Å². The smallest absolute Gasteiger partial charge is 0.141 e. The Morgan fingerprint density at radius 2 is 2.32 bits per heavy atom. The molecule has 1 aliphatic heterocycles. The molecule has 2 rings (SSSR count). The van der Waals surface area contributed by atoms with E-state index in [9.17, 15) is 14.6 Å². The summed E-state index contributed by atoms with van der Waals surface area (Å²) in [6, 6.07) is 2.81. The predicted molar refractivity (Wildman–Crippen MR) is 70.1 cm³/mol. The molecular weight excluding hydrogens is 247 g/mol. The van der Waals surface area contributed by atoms with Gasteiger partial charge in [-0.3, -0.25) is 4.98 Å². The van der Waals surface area contributed by atoms with Crippen molar-refractivity contribution in [2.45, 2.75) is 37.9 Å². The quantitative estimate of drug-likeness (QED) is 0.868. The van der Waals surface area contributed by atoms with E-state index >= 15 is 0 Å². The number of hydrogen-bond acceptors (Lipinski definition) is 4. The van der Waals surface area contributed by atoms with Crippen LogP contribution in [0.15, 0.2) is 18.3 Å². The molecule has 1 aliphatic rings. The van der Waals surface area contributed by atoms with E-state index in [4.69, 9.17) is 0 Å². The van der Waals surface area contributed by atoms with Crippen molar-refractivity contribution in [1.82, 2.24) is 9.88 Å². The Balaban J connectivity index is 1.83. The van der Waals surface area contributed by atoms with Crippen LogP contribution in [0.3, 0.4) is 0 Å². The average molecular weight is 268 g/mol. The molecule has 2 atom stereocenters. The van der Waals surface area contributed by atoms with Gasteiger partial charge in [-0.1, -0.05) is 0 Å². The number of halogens is 1. The lowest BCUT2D eigenvalue weighted by Crippen LogP contribution is -2.46. The minimum Gasteiger partial charge on any atom is -0.389 e. The lowest BCUT2D eigenvalue weighted by atomic mass is 9.95. The number of nitrogens with zero attached hydrogens (tertiary/aromatic N) is 2. The van der Waals surface area contributed by atoms with Gasteiger partial charge < -0.3 is 15.1 Å². The normalized spacial score (nSPS) is 26.3. The topological polar surface area (TPSA) is 56.6 Å². The summed E-state index contributed by atoms with van der Waals surface area (Å²) in [5.74, 6) is -0.400. The minimum absolute atomic E-state index is 0.400. The third-order valence-corrected chi connectivity index (χ3v) is 3.56. The number of likely N-dealkylation sites (tertiary alicyclic amines) is 1. The zero-order chi connectivity index (χ0) is 13.9. The Morgan fingerprint density at radius 1 is 1.53 bits per heavy atom. The number of hydrogen-bond donors (Lipinski definition) is 2. The third kappa shape index (κ3) is 4.23. The van der Waals surface area contributed by atoms with Crippen molar-refractivity contribution in [1.29, 1.82) is 0 Å². The van der Waals surface area contributed by atoms with Gasteiger partial charge in [0.25, 0.3) is 0 Å². The van der Waals surface area contributed by atoms with Crippen molar-refractivity contribution in [2.75, 3.05) is 19.6 Å². The SMILES string of the molecule is CC1(O)CCCN(CCC(O)c2ccc(F)cn2)C1. The lowest BCUT2D eigenvalue weighted by Gasteiger charge is -2.37. The molecule has 0 bridgehead atoms. The average Bonchev–Trinajstić information content (AvgIpc) is 2.36. The molecule has 0 saturated carbocycles. The van der Waals surface area contributed by atoms with Crippen LogP contribution < -0.4 is 0 Å². The number of pyridine rings is 1. The summed E-state index contributed by atoms with van der Waals surface area (Å²) in [4.78, 5) is 6.03. The molecule has 1 aromatic rings. The van der Waals surface area contributed by atoms with Gasteiger partial charge in [0.1, 0.15) is 5.82 Å². The van der Waals surface area contributed by atoms with Crippen molar-refractivity contribution < 1.29 is 14.6 Å². The largest absolute Gasteiger partial charge is 0.389 e. The monoisotopic (exact) mass is 268 g/mol. The van der Waals surface area contributed by atoms with Crippen LogP contribution in [-0.2, 0) is 0 Å². The van der Waals surface area contributed by atoms with Crippen LogP contribution in [0.1, 0.15) is 38.0 Å². The Hall–Kier alpha value is -1.04. The maximum atomic E-state index is 12.7. The van der Waals surface area contributed by atoms with Gasteiger partial charge >= 0.3 is 0 Å². The number of rotatable bonds is 4. The standard InChI is InChI=1S/C14H21FN2O2/c1-14(19)6-2-7-17(10-14)8-5-13(18)12-4-3-11(15)9-16-12/h3-4,9,13,18-19H,2,5-8,10H2,1H3. The van der Waals surface area contributed by atoms with Crippen LogP contribution in [0.25, 0.3) is 0 Å². The number of aliphatic hydroxyl groups is 2. The molecule has 4 nitrogen and oxygen atoms in total. The maximum absolute atomic E-state index is 12.7. The summed E-state index contributed by atoms with van der Waals surface area (Å²) in [5.41, 5.74) is -0.137. The molecule has 2 unspecified atom stereocenters. The highest BCUT2D eigenvalue weighted by Crippen LogP contribution is 2.22. The van der Waals surface area contributed by atoms with E-state index in [1.165, 1.54) is 12.1 Å². The van der Waals surface area contributed by atoms with E-state index in [-0.39, 0.29) is 0 Å². The third-order valence-electron chi connectivity index (χ3n) is 3.56. The minimum atomic E-state index is -0.688. The molecule has 0 aromatic carbocycles. The Labute approximate surface area is 112 Å². The zero-order valence-electron chi connectivity index (χ0n) is 11.2. The van der Waals surface area contributed by atoms with Crippen LogP contribution in [-0.4, -0.2) is 45.3 Å². The summed E-state index contributed by atoms with van der Waals surface area (Å²) in [6.45, 7) is 4.13. The fourth-order valence-electron chi connectivity index (χ4n) is 2.55. The summed E-state index contributed by atoms with van der Waals surface area (Å²) in [6.07, 6.45) is 2.76. The van der Waals surface area contributed by atoms with Crippen LogP contribution in [0.5, 0.6) is 0 Å². The molecule has 106 valence electrons. The first-order chi connectivity index (χ1) is 8.96. The van der Waals surface area contributed by atoms with Crippen LogP contribution in [0.4, 0.5) is 4.39 Å². The molecule has 0 spiro atoms. The molecule has 19 heavy (non-hydrogen) atoms. The first-order valence-corrected chi connectivity index (χ1v) is 6.70. The highest BCUT2D eigenvalue weighted by atomic mass is 19.1. The van der Waals surface area contributed by atoms with Crippen LogP contribution in [0.2, 0.25) is 0 Å². The summed E-state index contributed by atoms with van der Waals surface area (Å²) >= 11 is 0. The summed E-state index contributed by atoms with van der Waals surface area (Å²) in [7, 11) is 0.